The van der Waals surface area contributed by atoms with E-state index in [4.69, 9.17) is 16.3 Å². The molecule has 6 heteroatoms. The highest BCUT2D eigenvalue weighted by molar-refractivity contribution is 6.30. The third-order valence-corrected chi connectivity index (χ3v) is 5.40. The molecule has 31 heavy (non-hydrogen) atoms. The Morgan fingerprint density at radius 2 is 1.90 bits per heavy atom. The SMILES string of the molecule is COc1ccc(Cl)cc1-n1c(C)cc(/C=C(/C#N)C(=O)N[C@@H](C)c2ccccc2)c1C. The van der Waals surface area contributed by atoms with E-state index in [0.29, 0.717) is 10.8 Å². The molecule has 1 heterocycles. The van der Waals surface area contributed by atoms with Crippen molar-refractivity contribution in [1.29, 1.82) is 5.26 Å². The van der Waals surface area contributed by atoms with E-state index >= 15 is 0 Å². The van der Waals surface area contributed by atoms with Crippen LogP contribution in [0.2, 0.25) is 5.02 Å². The monoisotopic (exact) mass is 433 g/mol. The van der Waals surface area contributed by atoms with Crippen LogP contribution in [0, 0.1) is 25.2 Å². The average molecular weight is 434 g/mol. The highest BCUT2D eigenvalue weighted by Gasteiger charge is 2.17. The minimum Gasteiger partial charge on any atom is -0.495 e. The number of benzene rings is 2. The van der Waals surface area contributed by atoms with Gasteiger partial charge in [0.15, 0.2) is 0 Å². The number of carbonyl (C=O) groups is 1. The standard InChI is InChI=1S/C25H24ClN3O2/c1-16-12-20(18(3)29(16)23-14-22(26)10-11-24(23)31-4)13-21(15-27)25(30)28-17(2)19-8-6-5-7-9-19/h5-14,17H,1-4H3,(H,28,30)/b21-13-/t17-/m0/s1. The van der Waals surface area contributed by atoms with Crippen LogP contribution < -0.4 is 10.1 Å². The Morgan fingerprint density at radius 3 is 2.55 bits per heavy atom. The van der Waals surface area contributed by atoms with Gasteiger partial charge in [-0.2, -0.15) is 5.26 Å². The third kappa shape index (κ3) is 4.82. The summed E-state index contributed by atoms with van der Waals surface area (Å²) in [5.74, 6) is 0.264. The van der Waals surface area contributed by atoms with Gasteiger partial charge in [0.25, 0.3) is 5.91 Å². The number of nitriles is 1. The molecule has 0 aliphatic heterocycles. The summed E-state index contributed by atoms with van der Waals surface area (Å²) in [4.78, 5) is 12.7. The molecule has 2 aromatic carbocycles. The smallest absolute Gasteiger partial charge is 0.262 e. The molecular formula is C25H24ClN3O2. The van der Waals surface area contributed by atoms with E-state index in [0.717, 1.165) is 28.2 Å². The molecule has 0 saturated heterocycles. The zero-order valence-electron chi connectivity index (χ0n) is 17.9. The van der Waals surface area contributed by atoms with E-state index < -0.39 is 5.91 Å². The lowest BCUT2D eigenvalue weighted by molar-refractivity contribution is -0.117. The van der Waals surface area contributed by atoms with E-state index in [1.54, 1.807) is 19.3 Å². The van der Waals surface area contributed by atoms with E-state index in [1.807, 2.05) is 79.9 Å². The molecule has 1 N–H and O–H groups in total. The van der Waals surface area contributed by atoms with Gasteiger partial charge in [-0.05, 0) is 62.2 Å². The first kappa shape index (κ1) is 22.2. The van der Waals surface area contributed by atoms with Gasteiger partial charge >= 0.3 is 0 Å². The quantitative estimate of drug-likeness (QED) is 0.410. The van der Waals surface area contributed by atoms with Crippen molar-refractivity contribution in [2.24, 2.45) is 0 Å². The Morgan fingerprint density at radius 1 is 1.19 bits per heavy atom. The maximum Gasteiger partial charge on any atom is 0.262 e. The fourth-order valence-corrected chi connectivity index (χ4v) is 3.71. The number of aryl methyl sites for hydroxylation is 1. The first-order chi connectivity index (χ1) is 14.8. The molecule has 1 aromatic heterocycles. The summed E-state index contributed by atoms with van der Waals surface area (Å²) in [5, 5.41) is 13.1. The minimum atomic E-state index is -0.413. The molecule has 0 aliphatic carbocycles. The number of hydrogen-bond acceptors (Lipinski definition) is 3. The topological polar surface area (TPSA) is 67.0 Å². The molecule has 0 unspecified atom stereocenters. The van der Waals surface area contributed by atoms with Crippen molar-refractivity contribution < 1.29 is 9.53 Å². The van der Waals surface area contributed by atoms with Crippen molar-refractivity contribution in [3.63, 3.8) is 0 Å². The third-order valence-electron chi connectivity index (χ3n) is 5.16. The molecule has 158 valence electrons. The van der Waals surface area contributed by atoms with Crippen LogP contribution in [-0.2, 0) is 4.79 Å². The van der Waals surface area contributed by atoms with Crippen molar-refractivity contribution in [3.05, 3.63) is 87.7 Å². The summed E-state index contributed by atoms with van der Waals surface area (Å²) >= 11 is 6.21. The van der Waals surface area contributed by atoms with Crippen molar-refractivity contribution in [2.45, 2.75) is 26.8 Å². The highest BCUT2D eigenvalue weighted by Crippen LogP contribution is 2.31. The predicted octanol–water partition coefficient (Wildman–Crippen LogP) is 5.54. The van der Waals surface area contributed by atoms with Gasteiger partial charge in [0, 0.05) is 16.4 Å². The number of carbonyl (C=O) groups excluding carboxylic acids is 1. The zero-order valence-corrected chi connectivity index (χ0v) is 18.7. The Hall–Kier alpha value is -3.49. The van der Waals surface area contributed by atoms with Gasteiger partial charge in [0.1, 0.15) is 17.4 Å². The van der Waals surface area contributed by atoms with Gasteiger partial charge < -0.3 is 14.6 Å². The maximum absolute atomic E-state index is 12.7. The predicted molar refractivity (Wildman–Crippen MR) is 123 cm³/mol. The summed E-state index contributed by atoms with van der Waals surface area (Å²) in [6.07, 6.45) is 1.61. The summed E-state index contributed by atoms with van der Waals surface area (Å²) in [6, 6.07) is 18.8. The zero-order chi connectivity index (χ0) is 22.5. The van der Waals surface area contributed by atoms with Gasteiger partial charge in [0.2, 0.25) is 0 Å². The van der Waals surface area contributed by atoms with Gasteiger partial charge in [-0.15, -0.1) is 0 Å². The number of halogens is 1. The van der Waals surface area contributed by atoms with Crippen LogP contribution in [0.4, 0.5) is 0 Å². The molecule has 0 bridgehead atoms. The molecule has 1 amide bonds. The second-order valence-corrected chi connectivity index (χ2v) is 7.69. The first-order valence-corrected chi connectivity index (χ1v) is 10.2. The molecular weight excluding hydrogens is 410 g/mol. The fourth-order valence-electron chi connectivity index (χ4n) is 3.55. The first-order valence-electron chi connectivity index (χ1n) is 9.86. The normalized spacial score (nSPS) is 12.2. The van der Waals surface area contributed by atoms with Crippen molar-refractivity contribution in [1.82, 2.24) is 9.88 Å². The molecule has 3 aromatic rings. The molecule has 0 saturated carbocycles. The molecule has 0 aliphatic rings. The largest absolute Gasteiger partial charge is 0.495 e. The van der Waals surface area contributed by atoms with Crippen LogP contribution in [0.3, 0.4) is 0 Å². The summed E-state index contributed by atoms with van der Waals surface area (Å²) in [7, 11) is 1.60. The number of aromatic nitrogens is 1. The van der Waals surface area contributed by atoms with E-state index in [2.05, 4.69) is 5.32 Å². The van der Waals surface area contributed by atoms with Gasteiger partial charge in [0.05, 0.1) is 18.8 Å². The van der Waals surface area contributed by atoms with E-state index in [9.17, 15) is 10.1 Å². The van der Waals surface area contributed by atoms with Crippen LogP contribution in [0.15, 0.2) is 60.2 Å². The lowest BCUT2D eigenvalue weighted by atomic mass is 10.1. The van der Waals surface area contributed by atoms with Crippen molar-refractivity contribution in [3.8, 4) is 17.5 Å². The lowest BCUT2D eigenvalue weighted by Gasteiger charge is -2.15. The van der Waals surface area contributed by atoms with Crippen LogP contribution in [0.25, 0.3) is 11.8 Å². The number of methoxy groups -OCH3 is 1. The molecule has 0 spiro atoms. The molecule has 0 fully saturated rings. The van der Waals surface area contributed by atoms with Gasteiger partial charge in [-0.25, -0.2) is 0 Å². The number of ether oxygens (including phenoxy) is 1. The Bertz CT molecular complexity index is 1170. The molecule has 5 nitrogen and oxygen atoms in total. The lowest BCUT2D eigenvalue weighted by Crippen LogP contribution is -2.27. The van der Waals surface area contributed by atoms with Gasteiger partial charge in [-0.3, -0.25) is 4.79 Å². The summed E-state index contributed by atoms with van der Waals surface area (Å²) < 4.78 is 7.48. The summed E-state index contributed by atoms with van der Waals surface area (Å²) in [6.45, 7) is 5.77. The molecule has 0 radical (unpaired) electrons. The van der Waals surface area contributed by atoms with Crippen LogP contribution >= 0.6 is 11.6 Å². The van der Waals surface area contributed by atoms with Crippen LogP contribution in [-0.4, -0.2) is 17.6 Å². The maximum atomic E-state index is 12.7. The summed E-state index contributed by atoms with van der Waals surface area (Å²) in [5.41, 5.74) is 4.39. The molecule has 3 rings (SSSR count). The average Bonchev–Trinajstić information content (AvgIpc) is 3.05. The number of nitrogens with zero attached hydrogens (tertiary/aromatic N) is 2. The van der Waals surface area contributed by atoms with Crippen LogP contribution in [0.1, 0.15) is 35.5 Å². The molecule has 1 atom stereocenters. The highest BCUT2D eigenvalue weighted by atomic mass is 35.5. The van der Waals surface area contributed by atoms with E-state index in [-0.39, 0.29) is 11.6 Å². The Balaban J connectivity index is 1.94. The number of nitrogens with one attached hydrogen (secondary N) is 1. The van der Waals surface area contributed by atoms with E-state index in [1.165, 1.54) is 0 Å². The number of hydrogen-bond donors (Lipinski definition) is 1. The Kier molecular flexibility index (Phi) is 6.84. The van der Waals surface area contributed by atoms with Gasteiger partial charge in [-0.1, -0.05) is 41.9 Å². The second kappa shape index (κ2) is 9.55. The fraction of sp³-hybridized carbons (Fsp3) is 0.200. The Labute approximate surface area is 187 Å². The minimum absolute atomic E-state index is 0.0427. The second-order valence-electron chi connectivity index (χ2n) is 7.25. The number of rotatable bonds is 6. The van der Waals surface area contributed by atoms with Crippen molar-refractivity contribution >= 4 is 23.6 Å². The number of amides is 1. The van der Waals surface area contributed by atoms with Crippen LogP contribution in [0.5, 0.6) is 5.75 Å². The van der Waals surface area contributed by atoms with Crippen molar-refractivity contribution in [2.75, 3.05) is 7.11 Å².